The van der Waals surface area contributed by atoms with Gasteiger partial charge in [0.15, 0.2) is 0 Å². The maximum Gasteiger partial charge on any atom is 0.333 e. The fraction of sp³-hybridized carbons (Fsp3) is 0.762. The van der Waals surface area contributed by atoms with Crippen molar-refractivity contribution < 1.29 is 19.1 Å². The van der Waals surface area contributed by atoms with E-state index in [2.05, 4.69) is 6.58 Å². The molecule has 0 radical (unpaired) electrons. The molecule has 0 N–H and O–H groups in total. The Hall–Kier alpha value is -1.45. The zero-order valence-electron chi connectivity index (χ0n) is 15.1. The minimum atomic E-state index is -0.478. The fourth-order valence-corrected chi connectivity index (χ4v) is 6.55. The highest BCUT2D eigenvalue weighted by atomic mass is 16.6. The second kappa shape index (κ2) is 5.78. The van der Waals surface area contributed by atoms with E-state index in [1.165, 1.54) is 0 Å². The van der Waals surface area contributed by atoms with Crippen molar-refractivity contribution in [3.63, 3.8) is 0 Å². The Labute approximate surface area is 149 Å². The molecule has 4 nitrogen and oxygen atoms in total. The highest BCUT2D eigenvalue weighted by Crippen LogP contribution is 2.64. The van der Waals surface area contributed by atoms with E-state index < -0.39 is 5.60 Å². The van der Waals surface area contributed by atoms with Crippen LogP contribution in [0.5, 0.6) is 0 Å². The average molecular weight is 344 g/mol. The second-order valence-electron chi connectivity index (χ2n) is 9.29. The van der Waals surface area contributed by atoms with E-state index in [0.717, 1.165) is 44.9 Å². The lowest BCUT2D eigenvalue weighted by Crippen LogP contribution is -2.60. The Morgan fingerprint density at radius 2 is 1.84 bits per heavy atom. The summed E-state index contributed by atoms with van der Waals surface area (Å²) in [4.78, 5) is 37.5. The molecule has 0 aromatic carbocycles. The van der Waals surface area contributed by atoms with Crippen molar-refractivity contribution in [2.45, 2.75) is 76.7 Å². The van der Waals surface area contributed by atoms with E-state index in [-0.39, 0.29) is 23.1 Å². The molecule has 0 aliphatic heterocycles. The van der Waals surface area contributed by atoms with Crippen LogP contribution in [-0.4, -0.2) is 23.1 Å². The van der Waals surface area contributed by atoms with Crippen LogP contribution in [0.15, 0.2) is 12.2 Å². The summed E-state index contributed by atoms with van der Waals surface area (Å²) >= 11 is 0. The summed E-state index contributed by atoms with van der Waals surface area (Å²) in [6.07, 6.45) is 8.20. The summed E-state index contributed by atoms with van der Waals surface area (Å²) in [6, 6.07) is 0. The first kappa shape index (κ1) is 17.0. The van der Waals surface area contributed by atoms with Gasteiger partial charge in [0.25, 0.3) is 0 Å². The monoisotopic (exact) mass is 344 g/mol. The molecule has 5 aliphatic carbocycles. The van der Waals surface area contributed by atoms with Crippen LogP contribution in [0.4, 0.5) is 0 Å². The number of hydrogen-bond acceptors (Lipinski definition) is 4. The number of hydrogen-bond donors (Lipinski definition) is 0. The van der Waals surface area contributed by atoms with Crippen LogP contribution in [0.3, 0.4) is 0 Å². The zero-order valence-corrected chi connectivity index (χ0v) is 15.1. The molecular weight excluding hydrogens is 316 g/mol. The van der Waals surface area contributed by atoms with E-state index in [0.29, 0.717) is 42.5 Å². The van der Waals surface area contributed by atoms with Crippen molar-refractivity contribution in [2.75, 3.05) is 0 Å². The molecule has 5 rings (SSSR count). The van der Waals surface area contributed by atoms with E-state index in [9.17, 15) is 14.4 Å². The van der Waals surface area contributed by atoms with Gasteiger partial charge in [0, 0.05) is 29.7 Å². The fourth-order valence-electron chi connectivity index (χ4n) is 6.55. The first-order valence-electron chi connectivity index (χ1n) is 9.76. The van der Waals surface area contributed by atoms with Gasteiger partial charge in [-0.25, -0.2) is 4.79 Å². The van der Waals surface area contributed by atoms with Crippen LogP contribution >= 0.6 is 0 Å². The van der Waals surface area contributed by atoms with Crippen molar-refractivity contribution in [3.8, 4) is 0 Å². The first-order chi connectivity index (χ1) is 11.8. The van der Waals surface area contributed by atoms with Crippen molar-refractivity contribution in [1.29, 1.82) is 0 Å². The van der Waals surface area contributed by atoms with Gasteiger partial charge < -0.3 is 4.74 Å². The van der Waals surface area contributed by atoms with Crippen LogP contribution in [0.25, 0.3) is 0 Å². The van der Waals surface area contributed by atoms with Crippen LogP contribution in [0.1, 0.15) is 71.1 Å². The Morgan fingerprint density at radius 1 is 1.16 bits per heavy atom. The van der Waals surface area contributed by atoms with Crippen LogP contribution in [0.2, 0.25) is 0 Å². The molecular formula is C21H28O4. The minimum Gasteiger partial charge on any atom is -0.456 e. The Kier molecular flexibility index (Phi) is 3.93. The summed E-state index contributed by atoms with van der Waals surface area (Å²) in [5.41, 5.74) is -0.412. The molecule has 0 aromatic rings. The molecule has 5 saturated carbocycles. The quantitative estimate of drug-likeness (QED) is 0.575. The van der Waals surface area contributed by atoms with Gasteiger partial charge in [-0.15, -0.1) is 0 Å². The summed E-state index contributed by atoms with van der Waals surface area (Å²) < 4.78 is 5.94. The van der Waals surface area contributed by atoms with Crippen LogP contribution < -0.4 is 0 Å². The zero-order chi connectivity index (χ0) is 17.8. The van der Waals surface area contributed by atoms with Gasteiger partial charge in [-0.05, 0) is 70.1 Å². The van der Waals surface area contributed by atoms with E-state index in [1.807, 2.05) is 0 Å². The lowest BCUT2D eigenvalue weighted by Gasteiger charge is -2.61. The van der Waals surface area contributed by atoms with Gasteiger partial charge >= 0.3 is 5.97 Å². The SMILES string of the molecule is C=C(C)C(=O)OC12CC3CC(C1)CC(C(=O)C1CCCC(=O)C1)(C3)C2. The van der Waals surface area contributed by atoms with Crippen molar-refractivity contribution in [3.05, 3.63) is 12.2 Å². The molecule has 0 amide bonds. The number of Topliss-reactive ketones (excluding diaryl/α,β-unsaturated/α-hetero) is 2. The lowest BCUT2D eigenvalue weighted by molar-refractivity contribution is -0.201. The molecule has 3 unspecified atom stereocenters. The van der Waals surface area contributed by atoms with Gasteiger partial charge in [0.2, 0.25) is 0 Å². The third-order valence-corrected chi connectivity index (χ3v) is 7.04. The Morgan fingerprint density at radius 3 is 2.44 bits per heavy atom. The molecule has 3 atom stereocenters. The van der Waals surface area contributed by atoms with Crippen LogP contribution in [0, 0.1) is 23.2 Å². The third kappa shape index (κ3) is 2.88. The molecule has 4 heteroatoms. The van der Waals surface area contributed by atoms with E-state index in [1.54, 1.807) is 6.92 Å². The van der Waals surface area contributed by atoms with Gasteiger partial charge in [0.05, 0.1) is 0 Å². The largest absolute Gasteiger partial charge is 0.456 e. The van der Waals surface area contributed by atoms with E-state index >= 15 is 0 Å². The number of carbonyl (C=O) groups excluding carboxylic acids is 3. The number of ether oxygens (including phenoxy) is 1. The summed E-state index contributed by atoms with van der Waals surface area (Å²) in [7, 11) is 0. The Balaban J connectivity index is 1.59. The highest BCUT2D eigenvalue weighted by molar-refractivity contribution is 5.93. The molecule has 0 spiro atoms. The summed E-state index contributed by atoms with van der Waals surface area (Å²) in [6.45, 7) is 5.39. The normalized spacial score (nSPS) is 42.3. The molecule has 0 saturated heterocycles. The number of ketones is 2. The first-order valence-corrected chi connectivity index (χ1v) is 9.76. The molecule has 25 heavy (non-hydrogen) atoms. The average Bonchev–Trinajstić information content (AvgIpc) is 2.52. The van der Waals surface area contributed by atoms with Gasteiger partial charge in [-0.1, -0.05) is 6.58 Å². The standard InChI is InChI=1S/C21H28O4/c1-13(2)19(24)25-21-10-14-6-15(11-21)9-20(8-14,12-21)18(23)16-4-3-5-17(22)7-16/h14-16H,1,3-12H2,2H3. The number of esters is 1. The predicted molar refractivity (Wildman–Crippen MR) is 92.7 cm³/mol. The summed E-state index contributed by atoms with van der Waals surface area (Å²) in [5, 5.41) is 0. The highest BCUT2D eigenvalue weighted by Gasteiger charge is 2.62. The number of carbonyl (C=O) groups is 3. The number of rotatable bonds is 4. The topological polar surface area (TPSA) is 60.4 Å². The Bertz CT molecular complexity index is 632. The second-order valence-corrected chi connectivity index (χ2v) is 9.29. The molecule has 136 valence electrons. The van der Waals surface area contributed by atoms with Gasteiger partial charge in [0.1, 0.15) is 17.2 Å². The van der Waals surface area contributed by atoms with Gasteiger partial charge in [-0.3, -0.25) is 9.59 Å². The molecule has 0 aromatic heterocycles. The van der Waals surface area contributed by atoms with Gasteiger partial charge in [-0.2, -0.15) is 0 Å². The molecule has 4 bridgehead atoms. The molecule has 5 aliphatic rings. The van der Waals surface area contributed by atoms with Crippen molar-refractivity contribution in [1.82, 2.24) is 0 Å². The lowest BCUT2D eigenvalue weighted by atomic mass is 9.45. The molecule has 5 fully saturated rings. The minimum absolute atomic E-state index is 0.105. The van der Waals surface area contributed by atoms with Crippen molar-refractivity contribution >= 4 is 17.5 Å². The van der Waals surface area contributed by atoms with Crippen molar-refractivity contribution in [2.24, 2.45) is 23.2 Å². The maximum absolute atomic E-state index is 13.4. The van der Waals surface area contributed by atoms with Crippen LogP contribution in [-0.2, 0) is 19.1 Å². The maximum atomic E-state index is 13.4. The smallest absolute Gasteiger partial charge is 0.333 e. The molecule has 0 heterocycles. The predicted octanol–water partition coefficient (Wildman–Crippen LogP) is 3.77. The third-order valence-electron chi connectivity index (χ3n) is 7.04. The van der Waals surface area contributed by atoms with E-state index in [4.69, 9.17) is 4.74 Å². The summed E-state index contributed by atoms with van der Waals surface area (Å²) in [5.74, 6) is 1.05.